The zero-order valence-corrected chi connectivity index (χ0v) is 11.3. The Morgan fingerprint density at radius 2 is 2.22 bits per heavy atom. The third-order valence-electron chi connectivity index (χ3n) is 3.16. The van der Waals surface area contributed by atoms with Gasteiger partial charge >= 0.3 is 0 Å². The highest BCUT2D eigenvalue weighted by Crippen LogP contribution is 2.27. The maximum Gasteiger partial charge on any atom is 0.160 e. The van der Waals surface area contributed by atoms with Crippen LogP contribution < -0.4 is 4.74 Å². The van der Waals surface area contributed by atoms with E-state index in [4.69, 9.17) is 9.47 Å². The normalized spacial score (nSPS) is 19.7. The predicted octanol–water partition coefficient (Wildman–Crippen LogP) is 2.01. The van der Waals surface area contributed by atoms with Crippen molar-refractivity contribution in [1.29, 1.82) is 0 Å². The summed E-state index contributed by atoms with van der Waals surface area (Å²) >= 11 is 0. The molecule has 1 aromatic rings. The van der Waals surface area contributed by atoms with Gasteiger partial charge in [-0.15, -0.1) is 0 Å². The van der Waals surface area contributed by atoms with Crippen LogP contribution in [-0.4, -0.2) is 42.4 Å². The number of hydrogen-bond acceptors (Lipinski definition) is 4. The first-order chi connectivity index (χ1) is 8.50. The predicted molar refractivity (Wildman–Crippen MR) is 70.0 cm³/mol. The largest absolute Gasteiger partial charge is 0.504 e. The quantitative estimate of drug-likeness (QED) is 0.892. The average molecular weight is 251 g/mol. The fourth-order valence-corrected chi connectivity index (χ4v) is 2.33. The number of aromatic hydroxyl groups is 1. The zero-order chi connectivity index (χ0) is 13.2. The maximum absolute atomic E-state index is 9.57. The number of rotatable bonds is 3. The molecule has 1 aliphatic rings. The molecule has 0 radical (unpaired) electrons. The van der Waals surface area contributed by atoms with Crippen LogP contribution in [0.2, 0.25) is 0 Å². The lowest BCUT2D eigenvalue weighted by Crippen LogP contribution is -2.47. The Balaban J connectivity index is 2.05. The van der Waals surface area contributed by atoms with E-state index in [2.05, 4.69) is 18.7 Å². The molecule has 1 aromatic carbocycles. The van der Waals surface area contributed by atoms with Gasteiger partial charge in [-0.1, -0.05) is 6.07 Å². The van der Waals surface area contributed by atoms with Gasteiger partial charge in [-0.25, -0.2) is 0 Å². The molecular weight excluding hydrogens is 230 g/mol. The summed E-state index contributed by atoms with van der Waals surface area (Å²) in [5.74, 6) is 0.712. The molecule has 0 bridgehead atoms. The second-order valence-corrected chi connectivity index (χ2v) is 5.33. The van der Waals surface area contributed by atoms with Crippen LogP contribution in [0.3, 0.4) is 0 Å². The average Bonchev–Trinajstić information content (AvgIpc) is 2.30. The second kappa shape index (κ2) is 5.16. The highest BCUT2D eigenvalue weighted by molar-refractivity contribution is 5.41. The summed E-state index contributed by atoms with van der Waals surface area (Å²) in [5.41, 5.74) is 1.06. The van der Waals surface area contributed by atoms with Gasteiger partial charge in [0.1, 0.15) is 0 Å². The molecule has 2 rings (SSSR count). The van der Waals surface area contributed by atoms with Crippen LogP contribution in [0.15, 0.2) is 18.2 Å². The first-order valence-corrected chi connectivity index (χ1v) is 6.22. The molecule has 4 nitrogen and oxygen atoms in total. The highest BCUT2D eigenvalue weighted by atomic mass is 16.5. The standard InChI is InChI=1S/C14H21NO3/c1-14(2)10-15(6-7-18-14)9-11-4-5-12(16)13(8-11)17-3/h4-5,8,16H,6-7,9-10H2,1-3H3. The third-order valence-corrected chi connectivity index (χ3v) is 3.16. The number of hydrogen-bond donors (Lipinski definition) is 1. The molecule has 1 aliphatic heterocycles. The molecule has 1 heterocycles. The minimum absolute atomic E-state index is 0.0841. The summed E-state index contributed by atoms with van der Waals surface area (Å²) in [4.78, 5) is 2.36. The molecule has 0 amide bonds. The van der Waals surface area contributed by atoms with Crippen molar-refractivity contribution in [1.82, 2.24) is 4.90 Å². The van der Waals surface area contributed by atoms with Gasteiger partial charge in [0, 0.05) is 19.6 Å². The first kappa shape index (κ1) is 13.2. The number of morpholine rings is 1. The van der Waals surface area contributed by atoms with E-state index >= 15 is 0 Å². The van der Waals surface area contributed by atoms with E-state index in [0.717, 1.165) is 31.8 Å². The summed E-state index contributed by atoms with van der Waals surface area (Å²) in [5, 5.41) is 9.57. The van der Waals surface area contributed by atoms with Crippen LogP contribution in [-0.2, 0) is 11.3 Å². The van der Waals surface area contributed by atoms with Crippen molar-refractivity contribution in [2.24, 2.45) is 0 Å². The second-order valence-electron chi connectivity index (χ2n) is 5.33. The van der Waals surface area contributed by atoms with Gasteiger partial charge in [0.15, 0.2) is 11.5 Å². The van der Waals surface area contributed by atoms with Crippen LogP contribution in [0.25, 0.3) is 0 Å². The molecule has 0 aromatic heterocycles. The van der Waals surface area contributed by atoms with Crippen LogP contribution in [0, 0.1) is 0 Å². The Morgan fingerprint density at radius 1 is 1.44 bits per heavy atom. The van der Waals surface area contributed by atoms with Crippen molar-refractivity contribution >= 4 is 0 Å². The van der Waals surface area contributed by atoms with Crippen LogP contribution in [0.1, 0.15) is 19.4 Å². The number of phenolic OH excluding ortho intramolecular Hbond substituents is 1. The van der Waals surface area contributed by atoms with Gasteiger partial charge in [-0.05, 0) is 31.5 Å². The number of nitrogens with zero attached hydrogens (tertiary/aromatic N) is 1. The van der Waals surface area contributed by atoms with Gasteiger partial charge in [0.05, 0.1) is 19.3 Å². The summed E-state index contributed by atoms with van der Waals surface area (Å²) in [6.07, 6.45) is 0. The highest BCUT2D eigenvalue weighted by Gasteiger charge is 2.27. The molecule has 0 spiro atoms. The molecule has 1 fully saturated rings. The van der Waals surface area contributed by atoms with E-state index in [1.54, 1.807) is 13.2 Å². The molecular formula is C14H21NO3. The van der Waals surface area contributed by atoms with E-state index in [1.165, 1.54) is 0 Å². The van der Waals surface area contributed by atoms with E-state index < -0.39 is 0 Å². The minimum Gasteiger partial charge on any atom is -0.504 e. The molecule has 4 heteroatoms. The van der Waals surface area contributed by atoms with Crippen LogP contribution in [0.4, 0.5) is 0 Å². The zero-order valence-electron chi connectivity index (χ0n) is 11.3. The number of methoxy groups -OCH3 is 1. The minimum atomic E-state index is -0.0841. The Kier molecular flexibility index (Phi) is 3.78. The molecule has 0 saturated carbocycles. The Morgan fingerprint density at radius 3 is 2.89 bits per heavy atom. The van der Waals surface area contributed by atoms with Crippen molar-refractivity contribution in [3.8, 4) is 11.5 Å². The van der Waals surface area contributed by atoms with E-state index in [1.807, 2.05) is 12.1 Å². The number of benzene rings is 1. The molecule has 1 N–H and O–H groups in total. The van der Waals surface area contributed by atoms with Crippen molar-refractivity contribution in [3.63, 3.8) is 0 Å². The molecule has 0 atom stereocenters. The van der Waals surface area contributed by atoms with Gasteiger partial charge in [-0.3, -0.25) is 4.90 Å². The monoisotopic (exact) mass is 251 g/mol. The SMILES string of the molecule is COc1cc(CN2CCOC(C)(C)C2)ccc1O. The maximum atomic E-state index is 9.57. The Labute approximate surface area is 108 Å². The van der Waals surface area contributed by atoms with E-state index in [9.17, 15) is 5.11 Å². The molecule has 1 saturated heterocycles. The third kappa shape index (κ3) is 3.15. The van der Waals surface area contributed by atoms with E-state index in [-0.39, 0.29) is 11.4 Å². The molecule has 0 unspecified atom stereocenters. The summed E-state index contributed by atoms with van der Waals surface area (Å²) in [6.45, 7) is 7.68. The lowest BCUT2D eigenvalue weighted by Gasteiger charge is -2.38. The lowest BCUT2D eigenvalue weighted by molar-refractivity contribution is -0.0882. The molecule has 18 heavy (non-hydrogen) atoms. The van der Waals surface area contributed by atoms with Crippen LogP contribution in [0.5, 0.6) is 11.5 Å². The Hall–Kier alpha value is -1.26. The van der Waals surface area contributed by atoms with Crippen LogP contribution >= 0.6 is 0 Å². The summed E-state index contributed by atoms with van der Waals surface area (Å²) in [6, 6.07) is 5.50. The summed E-state index contributed by atoms with van der Waals surface area (Å²) in [7, 11) is 1.57. The first-order valence-electron chi connectivity index (χ1n) is 6.22. The van der Waals surface area contributed by atoms with Crippen molar-refractivity contribution in [3.05, 3.63) is 23.8 Å². The number of phenols is 1. The van der Waals surface area contributed by atoms with Gasteiger partial charge in [-0.2, -0.15) is 0 Å². The van der Waals surface area contributed by atoms with Crippen molar-refractivity contribution < 1.29 is 14.6 Å². The Bertz CT molecular complexity index is 418. The topological polar surface area (TPSA) is 41.9 Å². The van der Waals surface area contributed by atoms with E-state index in [0.29, 0.717) is 5.75 Å². The van der Waals surface area contributed by atoms with Crippen molar-refractivity contribution in [2.75, 3.05) is 26.8 Å². The lowest BCUT2D eigenvalue weighted by atomic mass is 10.1. The number of ether oxygens (including phenoxy) is 2. The van der Waals surface area contributed by atoms with Gasteiger partial charge in [0.2, 0.25) is 0 Å². The van der Waals surface area contributed by atoms with Crippen molar-refractivity contribution in [2.45, 2.75) is 26.0 Å². The smallest absolute Gasteiger partial charge is 0.160 e. The molecule has 100 valence electrons. The fourth-order valence-electron chi connectivity index (χ4n) is 2.33. The summed E-state index contributed by atoms with van der Waals surface area (Å²) < 4.78 is 10.8. The van der Waals surface area contributed by atoms with Gasteiger partial charge in [0.25, 0.3) is 0 Å². The van der Waals surface area contributed by atoms with Gasteiger partial charge < -0.3 is 14.6 Å². The molecule has 0 aliphatic carbocycles. The fraction of sp³-hybridized carbons (Fsp3) is 0.571.